The third-order valence-electron chi connectivity index (χ3n) is 4.69. The quantitative estimate of drug-likeness (QED) is 0.634. The van der Waals surface area contributed by atoms with Gasteiger partial charge in [-0.1, -0.05) is 11.6 Å². The molecule has 0 saturated carbocycles. The van der Waals surface area contributed by atoms with E-state index in [4.69, 9.17) is 20.4 Å². The summed E-state index contributed by atoms with van der Waals surface area (Å²) < 4.78 is 12.8. The first-order valence-electron chi connectivity index (χ1n) is 8.84. The van der Waals surface area contributed by atoms with Crippen LogP contribution in [0.15, 0.2) is 56.9 Å². The number of hydrogen-bond donors (Lipinski definition) is 0. The van der Waals surface area contributed by atoms with Crippen molar-refractivity contribution < 1.29 is 13.6 Å². The second-order valence-corrected chi connectivity index (χ2v) is 7.11. The third-order valence-corrected chi connectivity index (χ3v) is 5.04. The number of rotatable bonds is 6. The topological polar surface area (TPSA) is 80.0 Å². The van der Waals surface area contributed by atoms with Gasteiger partial charge in [-0.15, -0.1) is 0 Å². The molecule has 0 unspecified atom stereocenters. The molecule has 1 amide bonds. The number of hydrazone groups is 1. The van der Waals surface area contributed by atoms with Gasteiger partial charge in [-0.2, -0.15) is 5.10 Å². The Morgan fingerprint density at radius 2 is 2.11 bits per heavy atom. The zero-order chi connectivity index (χ0) is 19.7. The third kappa shape index (κ3) is 3.61. The summed E-state index contributed by atoms with van der Waals surface area (Å²) in [5.74, 6) is 2.00. The van der Waals surface area contributed by atoms with Gasteiger partial charge in [0, 0.05) is 13.5 Å². The standard InChI is InChI=1S/C19H20ClN5O3/c1-23(11-18-21-10-17(20)24(18)2)12-19(26)25-14(16-6-4-8-28-16)9-13(22-25)15-5-3-7-27-15/h3-8,10,14H,9,11-12H2,1-2H3/t14-/m0/s1. The van der Waals surface area contributed by atoms with E-state index in [0.717, 1.165) is 11.5 Å². The lowest BCUT2D eigenvalue weighted by atomic mass is 10.1. The smallest absolute Gasteiger partial charge is 0.257 e. The SMILES string of the molecule is CN(CC(=O)N1N=C(c2ccco2)C[C@H]1c1ccco1)Cc1ncc(Cl)n1C. The number of carbonyl (C=O) groups excluding carboxylic acids is 1. The lowest BCUT2D eigenvalue weighted by Crippen LogP contribution is -2.36. The minimum absolute atomic E-state index is 0.134. The Balaban J connectivity index is 1.50. The summed E-state index contributed by atoms with van der Waals surface area (Å²) in [6.07, 6.45) is 5.32. The first-order valence-corrected chi connectivity index (χ1v) is 9.22. The van der Waals surface area contributed by atoms with Crippen LogP contribution in [-0.4, -0.2) is 44.7 Å². The van der Waals surface area contributed by atoms with E-state index < -0.39 is 0 Å². The summed E-state index contributed by atoms with van der Waals surface area (Å²) >= 11 is 6.03. The Hall–Kier alpha value is -2.84. The molecule has 1 atom stereocenters. The van der Waals surface area contributed by atoms with Crippen LogP contribution >= 0.6 is 11.6 Å². The van der Waals surface area contributed by atoms with Crippen molar-refractivity contribution in [3.05, 3.63) is 65.5 Å². The summed E-state index contributed by atoms with van der Waals surface area (Å²) in [4.78, 5) is 19.2. The van der Waals surface area contributed by atoms with Gasteiger partial charge in [0.2, 0.25) is 0 Å². The Bertz CT molecular complexity index is 978. The molecule has 0 aromatic carbocycles. The second kappa shape index (κ2) is 7.65. The molecule has 3 aromatic rings. The molecule has 4 heterocycles. The van der Waals surface area contributed by atoms with Crippen LogP contribution in [-0.2, 0) is 18.4 Å². The molecule has 9 heteroatoms. The predicted octanol–water partition coefficient (Wildman–Crippen LogP) is 3.07. The number of hydrogen-bond acceptors (Lipinski definition) is 6. The van der Waals surface area contributed by atoms with Gasteiger partial charge in [0.05, 0.1) is 31.8 Å². The summed E-state index contributed by atoms with van der Waals surface area (Å²) in [5.41, 5.74) is 0.721. The fourth-order valence-electron chi connectivity index (χ4n) is 3.21. The number of carbonyl (C=O) groups is 1. The molecular formula is C19H20ClN5O3. The van der Waals surface area contributed by atoms with Gasteiger partial charge in [-0.25, -0.2) is 9.99 Å². The van der Waals surface area contributed by atoms with Crippen molar-refractivity contribution in [2.45, 2.75) is 19.0 Å². The van der Waals surface area contributed by atoms with Crippen LogP contribution in [0.4, 0.5) is 0 Å². The zero-order valence-electron chi connectivity index (χ0n) is 15.6. The van der Waals surface area contributed by atoms with Crippen molar-refractivity contribution in [2.24, 2.45) is 12.1 Å². The van der Waals surface area contributed by atoms with Gasteiger partial charge in [0.25, 0.3) is 5.91 Å². The molecule has 4 rings (SSSR count). The molecule has 0 fully saturated rings. The fourth-order valence-corrected chi connectivity index (χ4v) is 3.35. The minimum Gasteiger partial charge on any atom is -0.467 e. The summed E-state index contributed by atoms with van der Waals surface area (Å²) in [5, 5.41) is 6.57. The molecular weight excluding hydrogens is 382 g/mol. The van der Waals surface area contributed by atoms with Crippen molar-refractivity contribution in [1.82, 2.24) is 19.5 Å². The second-order valence-electron chi connectivity index (χ2n) is 6.73. The van der Waals surface area contributed by atoms with Crippen molar-refractivity contribution in [2.75, 3.05) is 13.6 Å². The molecule has 0 N–H and O–H groups in total. The maximum absolute atomic E-state index is 13.0. The predicted molar refractivity (Wildman–Crippen MR) is 103 cm³/mol. The highest BCUT2D eigenvalue weighted by molar-refractivity contribution is 6.29. The van der Waals surface area contributed by atoms with Crippen LogP contribution in [0.5, 0.6) is 0 Å². The van der Waals surface area contributed by atoms with Gasteiger partial charge in [0.1, 0.15) is 34.3 Å². The summed E-state index contributed by atoms with van der Waals surface area (Å²) in [6.45, 7) is 0.666. The molecule has 0 bridgehead atoms. The maximum atomic E-state index is 13.0. The fraction of sp³-hybridized carbons (Fsp3) is 0.316. The van der Waals surface area contributed by atoms with Crippen LogP contribution in [0, 0.1) is 0 Å². The molecule has 0 radical (unpaired) electrons. The van der Waals surface area contributed by atoms with Crippen molar-refractivity contribution in [3.63, 3.8) is 0 Å². The highest BCUT2D eigenvalue weighted by Gasteiger charge is 2.36. The zero-order valence-corrected chi connectivity index (χ0v) is 16.3. The van der Waals surface area contributed by atoms with Gasteiger partial charge in [-0.05, 0) is 31.3 Å². The Kier molecular flexibility index (Phi) is 5.06. The number of amides is 1. The van der Waals surface area contributed by atoms with E-state index in [1.807, 2.05) is 31.1 Å². The molecule has 28 heavy (non-hydrogen) atoms. The first-order chi connectivity index (χ1) is 13.5. The van der Waals surface area contributed by atoms with Crippen molar-refractivity contribution >= 4 is 23.2 Å². The average Bonchev–Trinajstić information content (AvgIpc) is 3.44. The molecule has 3 aromatic heterocycles. The van der Waals surface area contributed by atoms with Crippen LogP contribution in [0.1, 0.15) is 29.8 Å². The number of likely N-dealkylation sites (N-methyl/N-ethyl adjacent to an activating group) is 1. The number of nitrogens with zero attached hydrogens (tertiary/aromatic N) is 5. The molecule has 1 aliphatic rings. The Labute approximate surface area is 167 Å². The number of furan rings is 2. The maximum Gasteiger partial charge on any atom is 0.257 e. The van der Waals surface area contributed by atoms with E-state index in [2.05, 4.69) is 10.1 Å². The van der Waals surface area contributed by atoms with Gasteiger partial charge in [0.15, 0.2) is 0 Å². The minimum atomic E-state index is -0.293. The van der Waals surface area contributed by atoms with Gasteiger partial charge < -0.3 is 13.4 Å². The van der Waals surface area contributed by atoms with Crippen LogP contribution in [0.3, 0.4) is 0 Å². The summed E-state index contributed by atoms with van der Waals surface area (Å²) in [7, 11) is 3.70. The molecule has 0 saturated heterocycles. The van der Waals surface area contributed by atoms with Gasteiger partial charge >= 0.3 is 0 Å². The van der Waals surface area contributed by atoms with Crippen molar-refractivity contribution in [1.29, 1.82) is 0 Å². The number of imidazole rings is 1. The monoisotopic (exact) mass is 401 g/mol. The van der Waals surface area contributed by atoms with E-state index in [1.54, 1.807) is 35.4 Å². The first kappa shape index (κ1) is 18.5. The highest BCUT2D eigenvalue weighted by Crippen LogP contribution is 2.33. The number of halogens is 1. The van der Waals surface area contributed by atoms with E-state index in [0.29, 0.717) is 29.6 Å². The molecule has 0 spiro atoms. The molecule has 1 aliphatic heterocycles. The lowest BCUT2D eigenvalue weighted by Gasteiger charge is -2.23. The average molecular weight is 402 g/mol. The van der Waals surface area contributed by atoms with E-state index in [-0.39, 0.29) is 18.5 Å². The molecule has 8 nitrogen and oxygen atoms in total. The van der Waals surface area contributed by atoms with Crippen LogP contribution in [0.2, 0.25) is 5.15 Å². The van der Waals surface area contributed by atoms with E-state index >= 15 is 0 Å². The highest BCUT2D eigenvalue weighted by atomic mass is 35.5. The Morgan fingerprint density at radius 3 is 2.75 bits per heavy atom. The van der Waals surface area contributed by atoms with E-state index in [9.17, 15) is 4.79 Å². The Morgan fingerprint density at radius 1 is 1.32 bits per heavy atom. The molecule has 146 valence electrons. The summed E-state index contributed by atoms with van der Waals surface area (Å²) in [6, 6.07) is 7.00. The number of aromatic nitrogens is 2. The van der Waals surface area contributed by atoms with Crippen molar-refractivity contribution in [3.8, 4) is 0 Å². The van der Waals surface area contributed by atoms with Gasteiger partial charge in [-0.3, -0.25) is 9.69 Å². The van der Waals surface area contributed by atoms with Crippen LogP contribution < -0.4 is 0 Å². The lowest BCUT2D eigenvalue weighted by molar-refractivity contribution is -0.134. The van der Waals surface area contributed by atoms with Crippen LogP contribution in [0.25, 0.3) is 0 Å². The molecule has 0 aliphatic carbocycles. The normalized spacial score (nSPS) is 16.8. The largest absolute Gasteiger partial charge is 0.467 e. The van der Waals surface area contributed by atoms with E-state index in [1.165, 1.54) is 5.01 Å².